The van der Waals surface area contributed by atoms with Gasteiger partial charge in [-0.1, -0.05) is 31.7 Å². The number of carbonyl (C=O) groups excluding carboxylic acids is 1. The first-order chi connectivity index (χ1) is 20.4. The highest BCUT2D eigenvalue weighted by molar-refractivity contribution is 5.94. The lowest BCUT2D eigenvalue weighted by atomic mass is 9.95. The number of hydrogen-bond donors (Lipinski definition) is 0. The summed E-state index contributed by atoms with van der Waals surface area (Å²) in [5.74, 6) is 0.579. The molecule has 2 aliphatic heterocycles. The van der Waals surface area contributed by atoms with Crippen LogP contribution in [0, 0.1) is 18.3 Å². The van der Waals surface area contributed by atoms with Gasteiger partial charge in [0.1, 0.15) is 24.3 Å². The van der Waals surface area contributed by atoms with Crippen molar-refractivity contribution in [3.8, 4) is 17.1 Å². The third-order valence-electron chi connectivity index (χ3n) is 9.05. The lowest BCUT2D eigenvalue weighted by Crippen LogP contribution is -2.56. The Morgan fingerprint density at radius 2 is 2.05 bits per heavy atom. The molecule has 0 N–H and O–H groups in total. The zero-order valence-corrected chi connectivity index (χ0v) is 24.4. The van der Waals surface area contributed by atoms with Crippen LogP contribution in [0.15, 0.2) is 43.0 Å². The Morgan fingerprint density at radius 1 is 1.19 bits per heavy atom. The highest BCUT2D eigenvalue weighted by Crippen LogP contribution is 2.39. The second kappa shape index (κ2) is 11.7. The van der Waals surface area contributed by atoms with Crippen LogP contribution in [0.2, 0.25) is 0 Å². The fourth-order valence-electron chi connectivity index (χ4n) is 6.82. The van der Waals surface area contributed by atoms with Crippen LogP contribution in [0.3, 0.4) is 0 Å². The van der Waals surface area contributed by atoms with Crippen molar-refractivity contribution in [3.05, 3.63) is 71.3 Å². The maximum Gasteiger partial charge on any atom is 0.319 e. The van der Waals surface area contributed by atoms with Gasteiger partial charge in [-0.3, -0.25) is 4.79 Å². The predicted molar refractivity (Wildman–Crippen MR) is 162 cm³/mol. The number of rotatable bonds is 7. The molecule has 6 rings (SSSR count). The number of piperazine rings is 1. The van der Waals surface area contributed by atoms with Crippen molar-refractivity contribution in [2.24, 2.45) is 5.92 Å². The van der Waals surface area contributed by atoms with Crippen molar-refractivity contribution in [1.82, 2.24) is 19.8 Å². The van der Waals surface area contributed by atoms with Gasteiger partial charge in [0.15, 0.2) is 0 Å². The van der Waals surface area contributed by atoms with Crippen molar-refractivity contribution in [2.75, 3.05) is 51.3 Å². The van der Waals surface area contributed by atoms with Crippen molar-refractivity contribution in [3.63, 3.8) is 0 Å². The van der Waals surface area contributed by atoms with Crippen LogP contribution >= 0.6 is 0 Å². The van der Waals surface area contributed by atoms with Crippen LogP contribution < -0.4 is 9.64 Å². The summed E-state index contributed by atoms with van der Waals surface area (Å²) in [7, 11) is 2.10. The van der Waals surface area contributed by atoms with Gasteiger partial charge in [-0.15, -0.1) is 0 Å². The van der Waals surface area contributed by atoms with Crippen LogP contribution in [0.1, 0.15) is 30.9 Å². The molecule has 9 heteroatoms. The molecule has 8 nitrogen and oxygen atoms in total. The molecule has 2 saturated heterocycles. The van der Waals surface area contributed by atoms with Crippen molar-refractivity contribution < 1.29 is 13.9 Å². The summed E-state index contributed by atoms with van der Waals surface area (Å²) in [4.78, 5) is 31.7. The Morgan fingerprint density at radius 3 is 2.81 bits per heavy atom. The molecule has 2 aromatic carbocycles. The molecule has 218 valence electrons. The Bertz CT molecular complexity index is 1570. The SMILES string of the molecule is [C-]#[N+]C[C@H]1CN(c2nc(OC[C@@H]3CCCN3C)nc3cc(-c4cccc5c4CC(C)C5)c(F)cc23)CCN1C(=O)C=C. The Labute approximate surface area is 246 Å². The summed E-state index contributed by atoms with van der Waals surface area (Å²) in [6.45, 7) is 16.3. The molecule has 0 spiro atoms. The van der Waals surface area contributed by atoms with Crippen LogP contribution in [0.25, 0.3) is 26.9 Å². The zero-order chi connectivity index (χ0) is 29.4. The first-order valence-corrected chi connectivity index (χ1v) is 14.8. The van der Waals surface area contributed by atoms with E-state index in [9.17, 15) is 4.79 Å². The van der Waals surface area contributed by atoms with Crippen molar-refractivity contribution in [2.45, 2.75) is 44.7 Å². The smallest absolute Gasteiger partial charge is 0.319 e. The quantitative estimate of drug-likeness (QED) is 0.302. The number of carbonyl (C=O) groups is 1. The van der Waals surface area contributed by atoms with Gasteiger partial charge in [0.2, 0.25) is 12.5 Å². The van der Waals surface area contributed by atoms with Gasteiger partial charge in [0, 0.05) is 36.6 Å². The molecule has 3 aliphatic rings. The van der Waals surface area contributed by atoms with E-state index in [2.05, 4.69) is 36.4 Å². The third-order valence-corrected chi connectivity index (χ3v) is 9.05. The van der Waals surface area contributed by atoms with E-state index in [4.69, 9.17) is 21.3 Å². The maximum absolute atomic E-state index is 16.0. The Balaban J connectivity index is 1.42. The van der Waals surface area contributed by atoms with Crippen LogP contribution in [-0.4, -0.2) is 84.1 Å². The summed E-state index contributed by atoms with van der Waals surface area (Å²) in [6.07, 6.45) is 5.41. The zero-order valence-electron chi connectivity index (χ0n) is 24.4. The molecule has 0 bridgehead atoms. The number of nitrogens with zero attached hydrogens (tertiary/aromatic N) is 6. The molecular formula is C33H37FN6O2. The van der Waals surface area contributed by atoms with E-state index in [1.165, 1.54) is 23.3 Å². The second-order valence-corrected chi connectivity index (χ2v) is 11.9. The fraction of sp³-hybridized carbons (Fsp3) is 0.455. The van der Waals surface area contributed by atoms with Gasteiger partial charge in [-0.05, 0) is 80.1 Å². The highest BCUT2D eigenvalue weighted by atomic mass is 19.1. The number of halogens is 1. The van der Waals surface area contributed by atoms with E-state index >= 15 is 4.39 Å². The molecule has 3 atom stereocenters. The average Bonchev–Trinajstić information content (AvgIpc) is 3.59. The summed E-state index contributed by atoms with van der Waals surface area (Å²) < 4.78 is 22.2. The molecule has 2 fully saturated rings. The number of likely N-dealkylation sites (tertiary alicyclic amines) is 1. The van der Waals surface area contributed by atoms with Crippen molar-refractivity contribution in [1.29, 1.82) is 0 Å². The number of ether oxygens (including phenoxy) is 1. The first kappa shape index (κ1) is 28.1. The molecule has 1 unspecified atom stereocenters. The molecule has 1 aliphatic carbocycles. The number of aromatic nitrogens is 2. The molecule has 0 saturated carbocycles. The summed E-state index contributed by atoms with van der Waals surface area (Å²) in [5, 5.41) is 0.590. The lowest BCUT2D eigenvalue weighted by molar-refractivity contribution is -0.128. The van der Waals surface area contributed by atoms with Crippen molar-refractivity contribution >= 4 is 22.6 Å². The number of benzene rings is 2. The average molecular weight is 569 g/mol. The maximum atomic E-state index is 16.0. The molecule has 1 amide bonds. The molecule has 0 radical (unpaired) electrons. The molecule has 3 aromatic rings. The number of amides is 1. The first-order valence-electron chi connectivity index (χ1n) is 14.8. The Hall–Kier alpha value is -4.03. The van der Waals surface area contributed by atoms with Gasteiger partial charge >= 0.3 is 6.01 Å². The Kier molecular flexibility index (Phi) is 7.82. The number of hydrogen-bond acceptors (Lipinski definition) is 6. The lowest BCUT2D eigenvalue weighted by Gasteiger charge is -2.39. The summed E-state index contributed by atoms with van der Waals surface area (Å²) in [6, 6.07) is 9.74. The van der Waals surface area contributed by atoms with Crippen LogP contribution in [0.5, 0.6) is 6.01 Å². The number of fused-ring (bicyclic) bond motifs is 2. The topological polar surface area (TPSA) is 66.2 Å². The van der Waals surface area contributed by atoms with Crippen LogP contribution in [0.4, 0.5) is 10.2 Å². The van der Waals surface area contributed by atoms with E-state index in [1.807, 2.05) is 23.1 Å². The van der Waals surface area contributed by atoms with E-state index in [1.54, 1.807) is 4.90 Å². The van der Waals surface area contributed by atoms with Gasteiger partial charge in [0.25, 0.3) is 0 Å². The van der Waals surface area contributed by atoms with E-state index in [-0.39, 0.29) is 30.3 Å². The molecule has 42 heavy (non-hydrogen) atoms. The number of likely N-dealkylation sites (N-methyl/N-ethyl adjacent to an activating group) is 1. The van der Waals surface area contributed by atoms with Gasteiger partial charge in [-0.25, -0.2) is 11.0 Å². The third kappa shape index (κ3) is 5.32. The monoisotopic (exact) mass is 568 g/mol. The number of anilines is 1. The van der Waals surface area contributed by atoms with Crippen LogP contribution in [-0.2, 0) is 17.6 Å². The largest absolute Gasteiger partial charge is 0.462 e. The molecular weight excluding hydrogens is 531 g/mol. The minimum atomic E-state index is -0.332. The van der Waals surface area contributed by atoms with E-state index in [0.717, 1.165) is 37.8 Å². The molecule has 1 aromatic heterocycles. The van der Waals surface area contributed by atoms with E-state index in [0.29, 0.717) is 60.5 Å². The van der Waals surface area contributed by atoms with E-state index < -0.39 is 0 Å². The highest BCUT2D eigenvalue weighted by Gasteiger charge is 2.33. The minimum Gasteiger partial charge on any atom is -0.462 e. The molecule has 3 heterocycles. The summed E-state index contributed by atoms with van der Waals surface area (Å²) >= 11 is 0. The summed E-state index contributed by atoms with van der Waals surface area (Å²) in [5.41, 5.74) is 4.56. The van der Waals surface area contributed by atoms with Gasteiger partial charge < -0.3 is 24.3 Å². The minimum absolute atomic E-state index is 0.159. The normalized spacial score (nSPS) is 22.3. The fourth-order valence-corrected chi connectivity index (χ4v) is 6.82. The standard InChI is InChI=1S/C33H37FN6O2/c1-5-31(41)40-13-12-39(19-24(40)18-35-3)32-28-16-29(34)27(25-10-6-8-22-14-21(2)15-26(22)25)17-30(28)36-33(37-32)42-20-23-9-7-11-38(23)4/h5-6,8,10,16-17,21,23-24H,1,7,9,11-15,18-20H2,2,4H3/t21?,23-,24-/m0/s1. The van der Waals surface area contributed by atoms with Gasteiger partial charge in [-0.2, -0.15) is 9.97 Å². The predicted octanol–water partition coefficient (Wildman–Crippen LogP) is 4.77. The van der Waals surface area contributed by atoms with Gasteiger partial charge in [0.05, 0.1) is 5.52 Å². The second-order valence-electron chi connectivity index (χ2n) is 11.9.